The molecule has 0 saturated carbocycles. The Morgan fingerprint density at radius 1 is 1.16 bits per heavy atom. The molecule has 44 heavy (non-hydrogen) atoms. The molecule has 1 unspecified atom stereocenters. The standard InChI is InChI=1S/C33H52FN5O5/c1-8-9-17-29(40)24-19-25(22-37(21-24)32(42)44-33(4,5)6)38(20-23(2)3)31(41)30-28(16-12-13-18-43-7)39(36-35-30)27-15-11-10-14-26(27)34/h10-11,14-15,23-25,29,40H,8-9,12-13,16-22H2,1-7H3/t24-,25+,29?/m1/s1. The third-order valence-corrected chi connectivity index (χ3v) is 7.83. The Morgan fingerprint density at radius 3 is 2.52 bits per heavy atom. The predicted molar refractivity (Wildman–Crippen MR) is 167 cm³/mol. The van der Waals surface area contributed by atoms with Crippen LogP contribution in [0.2, 0.25) is 0 Å². The number of benzene rings is 1. The molecule has 1 saturated heterocycles. The number of halogens is 1. The van der Waals surface area contributed by atoms with Crippen molar-refractivity contribution in [3.63, 3.8) is 0 Å². The van der Waals surface area contributed by atoms with Gasteiger partial charge < -0.3 is 24.4 Å². The van der Waals surface area contributed by atoms with Crippen LogP contribution in [0.3, 0.4) is 0 Å². The molecule has 1 aliphatic heterocycles. The number of likely N-dealkylation sites (tertiary alicyclic amines) is 1. The number of nitrogens with zero attached hydrogens (tertiary/aromatic N) is 5. The van der Waals surface area contributed by atoms with E-state index in [0.29, 0.717) is 51.1 Å². The minimum Gasteiger partial charge on any atom is -0.444 e. The van der Waals surface area contributed by atoms with Crippen LogP contribution in [0.5, 0.6) is 0 Å². The Balaban J connectivity index is 2.01. The molecule has 10 nitrogen and oxygen atoms in total. The van der Waals surface area contributed by atoms with E-state index in [2.05, 4.69) is 17.2 Å². The Hall–Kier alpha value is -3.05. The summed E-state index contributed by atoms with van der Waals surface area (Å²) in [6.07, 6.45) is 3.81. The highest BCUT2D eigenvalue weighted by molar-refractivity contribution is 5.93. The summed E-state index contributed by atoms with van der Waals surface area (Å²) in [6, 6.07) is 5.92. The van der Waals surface area contributed by atoms with Crippen molar-refractivity contribution in [1.82, 2.24) is 24.8 Å². The number of ether oxygens (including phenoxy) is 2. The molecule has 2 heterocycles. The maximum Gasteiger partial charge on any atom is 0.410 e. The van der Waals surface area contributed by atoms with Gasteiger partial charge >= 0.3 is 6.09 Å². The second kappa shape index (κ2) is 16.3. The van der Waals surface area contributed by atoms with Gasteiger partial charge in [0, 0.05) is 39.3 Å². The fraction of sp³-hybridized carbons (Fsp3) is 0.697. The molecule has 1 aromatic heterocycles. The Morgan fingerprint density at radius 2 is 1.89 bits per heavy atom. The summed E-state index contributed by atoms with van der Waals surface area (Å²) >= 11 is 0. The minimum atomic E-state index is -0.684. The lowest BCUT2D eigenvalue weighted by Gasteiger charge is -2.44. The van der Waals surface area contributed by atoms with Crippen molar-refractivity contribution in [1.29, 1.82) is 0 Å². The summed E-state index contributed by atoms with van der Waals surface area (Å²) in [5, 5.41) is 19.7. The SMILES string of the molecule is CCCCC(O)[C@@H]1C[C@H](N(CC(C)C)C(=O)c2nnn(-c3ccccc3F)c2CCCCOC)CN(C(=O)OC(C)(C)C)C1. The van der Waals surface area contributed by atoms with Crippen molar-refractivity contribution < 1.29 is 28.6 Å². The highest BCUT2D eigenvalue weighted by Gasteiger charge is 2.40. The molecule has 11 heteroatoms. The largest absolute Gasteiger partial charge is 0.444 e. The molecule has 0 aliphatic carbocycles. The zero-order valence-corrected chi connectivity index (χ0v) is 27.6. The lowest BCUT2D eigenvalue weighted by atomic mass is 9.86. The first-order chi connectivity index (χ1) is 20.9. The van der Waals surface area contributed by atoms with E-state index in [1.807, 2.05) is 34.6 Å². The summed E-state index contributed by atoms with van der Waals surface area (Å²) in [6.45, 7) is 13.2. The maximum absolute atomic E-state index is 14.9. The van der Waals surface area contributed by atoms with E-state index < -0.39 is 23.6 Å². The van der Waals surface area contributed by atoms with Gasteiger partial charge in [-0.25, -0.2) is 13.9 Å². The molecule has 1 aromatic carbocycles. The summed E-state index contributed by atoms with van der Waals surface area (Å²) < 4.78 is 27.3. The molecule has 2 aromatic rings. The zero-order chi connectivity index (χ0) is 32.4. The molecule has 1 aliphatic rings. The van der Waals surface area contributed by atoms with Crippen LogP contribution in [0.25, 0.3) is 5.69 Å². The van der Waals surface area contributed by atoms with Crippen LogP contribution in [0, 0.1) is 17.7 Å². The molecule has 1 N–H and O–H groups in total. The lowest BCUT2D eigenvalue weighted by Crippen LogP contribution is -2.57. The van der Waals surface area contributed by atoms with E-state index in [-0.39, 0.29) is 41.7 Å². The Kier molecular flexibility index (Phi) is 13.1. The van der Waals surface area contributed by atoms with Gasteiger partial charge in [0.2, 0.25) is 0 Å². The van der Waals surface area contributed by atoms with Crippen molar-refractivity contribution in [2.45, 2.75) is 104 Å². The normalized spacial score (nSPS) is 18.0. The first-order valence-electron chi connectivity index (χ1n) is 16.0. The summed E-state index contributed by atoms with van der Waals surface area (Å²) in [5.74, 6) is -0.886. The van der Waals surface area contributed by atoms with Crippen molar-refractivity contribution in [3.05, 3.63) is 41.5 Å². The number of hydrogen-bond acceptors (Lipinski definition) is 7. The topological polar surface area (TPSA) is 110 Å². The van der Waals surface area contributed by atoms with Crippen LogP contribution in [-0.4, -0.2) is 93.0 Å². The Bertz CT molecular complexity index is 1210. The molecule has 2 amide bonds. The van der Waals surface area contributed by atoms with Crippen molar-refractivity contribution in [2.75, 3.05) is 33.4 Å². The number of amides is 2. The Labute approximate surface area is 261 Å². The van der Waals surface area contributed by atoms with E-state index in [9.17, 15) is 19.1 Å². The molecule has 0 bridgehead atoms. The number of hydrogen-bond donors (Lipinski definition) is 1. The van der Waals surface area contributed by atoms with E-state index in [1.54, 1.807) is 35.1 Å². The summed E-state index contributed by atoms with van der Waals surface area (Å²) in [7, 11) is 1.64. The van der Waals surface area contributed by atoms with Crippen LogP contribution in [0.1, 0.15) is 96.2 Å². The van der Waals surface area contributed by atoms with Crippen LogP contribution in [-0.2, 0) is 15.9 Å². The summed E-state index contributed by atoms with van der Waals surface area (Å²) in [5.41, 5.74) is 0.244. The van der Waals surface area contributed by atoms with Crippen molar-refractivity contribution in [2.24, 2.45) is 11.8 Å². The van der Waals surface area contributed by atoms with Gasteiger partial charge in [-0.3, -0.25) is 4.79 Å². The number of aliphatic hydroxyl groups is 1. The number of aromatic nitrogens is 3. The average molecular weight is 618 g/mol. The van der Waals surface area contributed by atoms with E-state index >= 15 is 0 Å². The molecule has 246 valence electrons. The van der Waals surface area contributed by atoms with Gasteiger partial charge in [0.1, 0.15) is 17.1 Å². The number of methoxy groups -OCH3 is 1. The van der Waals surface area contributed by atoms with Crippen LogP contribution in [0.4, 0.5) is 9.18 Å². The molecule has 3 rings (SSSR count). The molecule has 1 fully saturated rings. The first kappa shape index (κ1) is 35.4. The fourth-order valence-electron chi connectivity index (χ4n) is 5.71. The van der Waals surface area contributed by atoms with Gasteiger partial charge in [-0.05, 0) is 70.9 Å². The molecule has 0 radical (unpaired) electrons. The van der Waals surface area contributed by atoms with Crippen LogP contribution >= 0.6 is 0 Å². The highest BCUT2D eigenvalue weighted by atomic mass is 19.1. The molecular formula is C33H52FN5O5. The maximum atomic E-state index is 14.9. The van der Waals surface area contributed by atoms with Crippen molar-refractivity contribution in [3.8, 4) is 5.69 Å². The van der Waals surface area contributed by atoms with Crippen LogP contribution in [0.15, 0.2) is 24.3 Å². The number of carbonyl (C=O) groups excluding carboxylic acids is 2. The van der Waals surface area contributed by atoms with Gasteiger partial charge in [-0.15, -0.1) is 5.10 Å². The minimum absolute atomic E-state index is 0.117. The number of piperidine rings is 1. The van der Waals surface area contributed by atoms with Gasteiger partial charge in [0.15, 0.2) is 5.69 Å². The first-order valence-corrected chi connectivity index (χ1v) is 16.0. The smallest absolute Gasteiger partial charge is 0.410 e. The van der Waals surface area contributed by atoms with Crippen LogP contribution < -0.4 is 0 Å². The lowest BCUT2D eigenvalue weighted by molar-refractivity contribution is -0.0196. The third kappa shape index (κ3) is 9.72. The molecule has 3 atom stereocenters. The second-order valence-electron chi connectivity index (χ2n) is 13.3. The van der Waals surface area contributed by atoms with E-state index in [4.69, 9.17) is 9.47 Å². The molecular weight excluding hydrogens is 565 g/mol. The average Bonchev–Trinajstić information content (AvgIpc) is 3.39. The number of para-hydroxylation sites is 1. The van der Waals surface area contributed by atoms with Gasteiger partial charge in [0.25, 0.3) is 5.91 Å². The quantitative estimate of drug-likeness (QED) is 0.273. The third-order valence-electron chi connectivity index (χ3n) is 7.83. The van der Waals surface area contributed by atoms with Crippen molar-refractivity contribution >= 4 is 12.0 Å². The van der Waals surface area contributed by atoms with Gasteiger partial charge in [-0.1, -0.05) is 51.0 Å². The van der Waals surface area contributed by atoms with Gasteiger partial charge in [-0.2, -0.15) is 0 Å². The number of aliphatic hydroxyl groups excluding tert-OH is 1. The second-order valence-corrected chi connectivity index (χ2v) is 13.3. The van der Waals surface area contributed by atoms with E-state index in [1.165, 1.54) is 10.7 Å². The predicted octanol–water partition coefficient (Wildman–Crippen LogP) is 5.65. The highest BCUT2D eigenvalue weighted by Crippen LogP contribution is 2.29. The number of rotatable bonds is 14. The molecule has 0 spiro atoms. The summed E-state index contributed by atoms with van der Waals surface area (Å²) in [4.78, 5) is 31.2. The number of carbonyl (C=O) groups is 2. The fourth-order valence-corrected chi connectivity index (χ4v) is 5.71. The van der Waals surface area contributed by atoms with Gasteiger partial charge in [0.05, 0.1) is 17.8 Å². The zero-order valence-electron chi connectivity index (χ0n) is 27.6. The number of unbranched alkanes of at least 4 members (excludes halogenated alkanes) is 2. The monoisotopic (exact) mass is 617 g/mol. The van der Waals surface area contributed by atoms with E-state index in [0.717, 1.165) is 19.3 Å².